The molecule has 0 amide bonds. The number of ether oxygens (including phenoxy) is 1. The maximum absolute atomic E-state index is 10.7. The van der Waals surface area contributed by atoms with Crippen LogP contribution < -0.4 is 5.32 Å². The number of methoxy groups -OCH3 is 1. The molecule has 2 N–H and O–H groups in total. The molecule has 1 atom stereocenters. The molecule has 0 spiro atoms. The minimum Gasteiger partial charge on any atom is -0.478 e. The summed E-state index contributed by atoms with van der Waals surface area (Å²) in [6.07, 6.45) is 0. The smallest absolute Gasteiger partial charge is 0.337 e. The molecule has 5 heteroatoms. The number of benzene rings is 1. The van der Waals surface area contributed by atoms with E-state index in [1.165, 1.54) is 6.07 Å². The number of hydrogen-bond donors (Lipinski definition) is 2. The van der Waals surface area contributed by atoms with Crippen molar-refractivity contribution < 1.29 is 14.6 Å². The Morgan fingerprint density at radius 1 is 1.62 bits per heavy atom. The van der Waals surface area contributed by atoms with Gasteiger partial charge in [0, 0.05) is 18.8 Å². The van der Waals surface area contributed by atoms with Crippen LogP contribution in [0.25, 0.3) is 0 Å². The zero-order valence-electron chi connectivity index (χ0n) is 9.16. The molecule has 0 aromatic heterocycles. The minimum absolute atomic E-state index is 0.103. The molecule has 1 aromatic rings. The van der Waals surface area contributed by atoms with Gasteiger partial charge in [-0.1, -0.05) is 11.6 Å². The van der Waals surface area contributed by atoms with Crippen LogP contribution in [-0.2, 0) is 4.74 Å². The summed E-state index contributed by atoms with van der Waals surface area (Å²) < 4.78 is 4.98. The van der Waals surface area contributed by atoms with E-state index in [1.807, 2.05) is 6.92 Å². The first-order valence-corrected chi connectivity index (χ1v) is 5.20. The van der Waals surface area contributed by atoms with Gasteiger partial charge in [0.05, 0.1) is 17.2 Å². The van der Waals surface area contributed by atoms with E-state index < -0.39 is 5.97 Å². The Morgan fingerprint density at radius 2 is 2.31 bits per heavy atom. The summed E-state index contributed by atoms with van der Waals surface area (Å²) in [4.78, 5) is 10.7. The second-order valence-corrected chi connectivity index (χ2v) is 3.91. The zero-order valence-corrected chi connectivity index (χ0v) is 9.91. The van der Waals surface area contributed by atoms with Crippen LogP contribution in [0, 0.1) is 0 Å². The molecule has 88 valence electrons. The summed E-state index contributed by atoms with van der Waals surface area (Å²) in [6.45, 7) is 2.53. The van der Waals surface area contributed by atoms with Gasteiger partial charge in [-0.05, 0) is 25.1 Å². The first-order valence-electron chi connectivity index (χ1n) is 4.83. The van der Waals surface area contributed by atoms with Crippen LogP contribution in [0.3, 0.4) is 0 Å². The molecule has 16 heavy (non-hydrogen) atoms. The number of aromatic carboxylic acids is 1. The van der Waals surface area contributed by atoms with E-state index in [0.29, 0.717) is 6.61 Å². The molecule has 0 aliphatic heterocycles. The lowest BCUT2D eigenvalue weighted by Crippen LogP contribution is -2.20. The standard InChI is InChI=1S/C11H14ClNO3/c1-7(6-16-2)13-8-3-4-9(11(14)15)10(12)5-8/h3-5,7,13H,6H2,1-2H3,(H,14,15). The van der Waals surface area contributed by atoms with Crippen LogP contribution in [0.4, 0.5) is 5.69 Å². The Labute approximate surface area is 99.2 Å². The average molecular weight is 244 g/mol. The molecular formula is C11H14ClNO3. The SMILES string of the molecule is COCC(C)Nc1ccc(C(=O)O)c(Cl)c1. The summed E-state index contributed by atoms with van der Waals surface area (Å²) in [5.74, 6) is -1.03. The van der Waals surface area contributed by atoms with Gasteiger partial charge in [-0.2, -0.15) is 0 Å². The quantitative estimate of drug-likeness (QED) is 0.834. The summed E-state index contributed by atoms with van der Waals surface area (Å²) in [5, 5.41) is 12.2. The van der Waals surface area contributed by atoms with Crippen molar-refractivity contribution in [1.29, 1.82) is 0 Å². The van der Waals surface area contributed by atoms with E-state index in [-0.39, 0.29) is 16.6 Å². The van der Waals surface area contributed by atoms with Crippen LogP contribution in [0.2, 0.25) is 5.02 Å². The Hall–Kier alpha value is -1.26. The maximum Gasteiger partial charge on any atom is 0.337 e. The molecule has 0 bridgehead atoms. The van der Waals surface area contributed by atoms with Crippen LogP contribution in [0.5, 0.6) is 0 Å². The fraction of sp³-hybridized carbons (Fsp3) is 0.364. The van der Waals surface area contributed by atoms with Gasteiger partial charge in [0.25, 0.3) is 0 Å². The number of rotatable bonds is 5. The number of nitrogens with one attached hydrogen (secondary N) is 1. The molecule has 0 saturated heterocycles. The maximum atomic E-state index is 10.7. The van der Waals surface area contributed by atoms with Crippen molar-refractivity contribution in [2.24, 2.45) is 0 Å². The molecule has 0 radical (unpaired) electrons. The number of carbonyl (C=O) groups is 1. The lowest BCUT2D eigenvalue weighted by Gasteiger charge is -2.14. The summed E-state index contributed by atoms with van der Waals surface area (Å²) in [6, 6.07) is 4.89. The molecule has 0 aliphatic carbocycles. The van der Waals surface area contributed by atoms with E-state index >= 15 is 0 Å². The number of anilines is 1. The largest absolute Gasteiger partial charge is 0.478 e. The Balaban J connectivity index is 2.77. The minimum atomic E-state index is -1.03. The van der Waals surface area contributed by atoms with E-state index in [1.54, 1.807) is 19.2 Å². The van der Waals surface area contributed by atoms with Gasteiger partial charge in [0.2, 0.25) is 0 Å². The lowest BCUT2D eigenvalue weighted by molar-refractivity contribution is 0.0697. The van der Waals surface area contributed by atoms with Crippen molar-refractivity contribution in [2.75, 3.05) is 19.0 Å². The predicted octanol–water partition coefficient (Wildman–Crippen LogP) is 2.49. The van der Waals surface area contributed by atoms with Crippen molar-refractivity contribution in [3.8, 4) is 0 Å². The van der Waals surface area contributed by atoms with Crippen molar-refractivity contribution in [2.45, 2.75) is 13.0 Å². The summed E-state index contributed by atoms with van der Waals surface area (Å²) in [5.41, 5.74) is 0.881. The highest BCUT2D eigenvalue weighted by Gasteiger charge is 2.09. The highest BCUT2D eigenvalue weighted by Crippen LogP contribution is 2.21. The average Bonchev–Trinajstić information content (AvgIpc) is 2.17. The third-order valence-electron chi connectivity index (χ3n) is 2.03. The highest BCUT2D eigenvalue weighted by atomic mass is 35.5. The van der Waals surface area contributed by atoms with E-state index in [4.69, 9.17) is 21.4 Å². The van der Waals surface area contributed by atoms with Crippen molar-refractivity contribution in [1.82, 2.24) is 0 Å². The van der Waals surface area contributed by atoms with Gasteiger partial charge < -0.3 is 15.2 Å². The first kappa shape index (κ1) is 12.8. The zero-order chi connectivity index (χ0) is 12.1. The third-order valence-corrected chi connectivity index (χ3v) is 2.34. The lowest BCUT2D eigenvalue weighted by atomic mass is 10.2. The second-order valence-electron chi connectivity index (χ2n) is 3.50. The number of carboxylic acid groups (broad SMARTS) is 1. The predicted molar refractivity (Wildman–Crippen MR) is 63.4 cm³/mol. The van der Waals surface area contributed by atoms with E-state index in [9.17, 15) is 4.79 Å². The van der Waals surface area contributed by atoms with Gasteiger partial charge >= 0.3 is 5.97 Å². The number of carboxylic acids is 1. The van der Waals surface area contributed by atoms with Crippen LogP contribution in [0.1, 0.15) is 17.3 Å². The summed E-state index contributed by atoms with van der Waals surface area (Å²) in [7, 11) is 1.62. The highest BCUT2D eigenvalue weighted by molar-refractivity contribution is 6.33. The van der Waals surface area contributed by atoms with E-state index in [0.717, 1.165) is 5.69 Å². The Kier molecular flexibility index (Phi) is 4.58. The van der Waals surface area contributed by atoms with Crippen LogP contribution >= 0.6 is 11.6 Å². The van der Waals surface area contributed by atoms with Gasteiger partial charge in [0.15, 0.2) is 0 Å². The van der Waals surface area contributed by atoms with Crippen molar-refractivity contribution >= 4 is 23.3 Å². The monoisotopic (exact) mass is 243 g/mol. The molecule has 1 aromatic carbocycles. The fourth-order valence-corrected chi connectivity index (χ4v) is 1.62. The molecule has 0 aliphatic rings. The molecule has 0 heterocycles. The second kappa shape index (κ2) is 5.72. The van der Waals surface area contributed by atoms with Crippen LogP contribution in [-0.4, -0.2) is 30.8 Å². The van der Waals surface area contributed by atoms with Gasteiger partial charge in [-0.15, -0.1) is 0 Å². The van der Waals surface area contributed by atoms with Crippen molar-refractivity contribution in [3.63, 3.8) is 0 Å². The van der Waals surface area contributed by atoms with Crippen molar-refractivity contribution in [3.05, 3.63) is 28.8 Å². The number of halogens is 1. The molecule has 0 fully saturated rings. The van der Waals surface area contributed by atoms with Gasteiger partial charge in [-0.25, -0.2) is 4.79 Å². The number of hydrogen-bond acceptors (Lipinski definition) is 3. The first-order chi connectivity index (χ1) is 7.54. The fourth-order valence-electron chi connectivity index (χ4n) is 1.35. The Bertz CT molecular complexity index is 381. The third kappa shape index (κ3) is 3.40. The molecule has 4 nitrogen and oxygen atoms in total. The molecular weight excluding hydrogens is 230 g/mol. The molecule has 1 rings (SSSR count). The normalized spacial score (nSPS) is 12.2. The van der Waals surface area contributed by atoms with Crippen LogP contribution in [0.15, 0.2) is 18.2 Å². The summed E-state index contributed by atoms with van der Waals surface area (Å²) >= 11 is 5.83. The van der Waals surface area contributed by atoms with Gasteiger partial charge in [-0.3, -0.25) is 0 Å². The topological polar surface area (TPSA) is 58.6 Å². The molecule has 0 saturated carbocycles. The van der Waals surface area contributed by atoms with E-state index in [2.05, 4.69) is 5.32 Å². The Morgan fingerprint density at radius 3 is 2.81 bits per heavy atom. The van der Waals surface area contributed by atoms with Gasteiger partial charge in [0.1, 0.15) is 0 Å². The molecule has 1 unspecified atom stereocenters.